The highest BCUT2D eigenvalue weighted by Gasteiger charge is 2.20. The first kappa shape index (κ1) is 17.7. The molecular formula is C20H23NO3. The van der Waals surface area contributed by atoms with Crippen molar-refractivity contribution in [3.8, 4) is 11.1 Å². The molecule has 0 fully saturated rings. The van der Waals surface area contributed by atoms with E-state index < -0.39 is 12.0 Å². The third-order valence-electron chi connectivity index (χ3n) is 3.73. The highest BCUT2D eigenvalue weighted by atomic mass is 16.4. The SMILES string of the molecule is CC(C)CC(=O)N[C@H](Cc1ccc(-c2ccccc2)cc1)C(=O)O. The highest BCUT2D eigenvalue weighted by molar-refractivity contribution is 5.83. The van der Waals surface area contributed by atoms with Gasteiger partial charge in [-0.15, -0.1) is 0 Å². The number of carbonyl (C=O) groups excluding carboxylic acids is 1. The van der Waals surface area contributed by atoms with Crippen LogP contribution in [0.5, 0.6) is 0 Å². The molecule has 0 aliphatic carbocycles. The zero-order chi connectivity index (χ0) is 17.5. The van der Waals surface area contributed by atoms with Gasteiger partial charge < -0.3 is 10.4 Å². The van der Waals surface area contributed by atoms with E-state index in [1.54, 1.807) is 0 Å². The van der Waals surface area contributed by atoms with Crippen molar-refractivity contribution in [2.75, 3.05) is 0 Å². The standard InChI is InChI=1S/C20H23NO3/c1-14(2)12-19(22)21-18(20(23)24)13-15-8-10-17(11-9-15)16-6-4-3-5-7-16/h3-11,14,18H,12-13H2,1-2H3,(H,21,22)(H,23,24)/t18-/m1/s1. The molecular weight excluding hydrogens is 302 g/mol. The molecule has 2 N–H and O–H groups in total. The van der Waals surface area contributed by atoms with Gasteiger partial charge in [0.1, 0.15) is 6.04 Å². The van der Waals surface area contributed by atoms with E-state index in [2.05, 4.69) is 5.32 Å². The molecule has 0 unspecified atom stereocenters. The van der Waals surface area contributed by atoms with Gasteiger partial charge in [0.2, 0.25) is 5.91 Å². The Morgan fingerprint density at radius 3 is 2.08 bits per heavy atom. The van der Waals surface area contributed by atoms with Gasteiger partial charge in [-0.1, -0.05) is 68.4 Å². The van der Waals surface area contributed by atoms with Crippen LogP contribution in [0.1, 0.15) is 25.8 Å². The summed E-state index contributed by atoms with van der Waals surface area (Å²) in [7, 11) is 0. The molecule has 0 bridgehead atoms. The molecule has 0 saturated carbocycles. The lowest BCUT2D eigenvalue weighted by Crippen LogP contribution is -2.42. The largest absolute Gasteiger partial charge is 0.480 e. The average molecular weight is 325 g/mol. The first-order valence-electron chi connectivity index (χ1n) is 8.12. The molecule has 0 aromatic heterocycles. The normalized spacial score (nSPS) is 12.0. The molecule has 0 aliphatic rings. The second-order valence-electron chi connectivity index (χ2n) is 6.32. The van der Waals surface area contributed by atoms with Gasteiger partial charge >= 0.3 is 5.97 Å². The van der Waals surface area contributed by atoms with Crippen molar-refractivity contribution in [1.29, 1.82) is 0 Å². The Bertz CT molecular complexity index is 678. The Morgan fingerprint density at radius 1 is 0.958 bits per heavy atom. The van der Waals surface area contributed by atoms with Crippen LogP contribution >= 0.6 is 0 Å². The molecule has 1 atom stereocenters. The molecule has 2 rings (SSSR count). The van der Waals surface area contributed by atoms with Crippen LogP contribution in [0.25, 0.3) is 11.1 Å². The van der Waals surface area contributed by atoms with Crippen LogP contribution in [-0.2, 0) is 16.0 Å². The number of carbonyl (C=O) groups is 2. The summed E-state index contributed by atoms with van der Waals surface area (Å²) < 4.78 is 0. The molecule has 4 heteroatoms. The van der Waals surface area contributed by atoms with Crippen molar-refractivity contribution < 1.29 is 14.7 Å². The van der Waals surface area contributed by atoms with Gasteiger partial charge in [-0.25, -0.2) is 4.79 Å². The molecule has 0 saturated heterocycles. The van der Waals surface area contributed by atoms with E-state index >= 15 is 0 Å². The van der Waals surface area contributed by atoms with Gasteiger partial charge in [-0.3, -0.25) is 4.79 Å². The van der Waals surface area contributed by atoms with E-state index in [-0.39, 0.29) is 18.2 Å². The fraction of sp³-hybridized carbons (Fsp3) is 0.300. The van der Waals surface area contributed by atoms with Crippen molar-refractivity contribution in [2.45, 2.75) is 32.7 Å². The molecule has 2 aromatic rings. The predicted octanol–water partition coefficient (Wildman–Crippen LogP) is 3.51. The summed E-state index contributed by atoms with van der Waals surface area (Å²) >= 11 is 0. The van der Waals surface area contributed by atoms with E-state index in [9.17, 15) is 14.7 Å². The van der Waals surface area contributed by atoms with Crippen molar-refractivity contribution >= 4 is 11.9 Å². The summed E-state index contributed by atoms with van der Waals surface area (Å²) in [6, 6.07) is 16.8. The molecule has 0 aliphatic heterocycles. The van der Waals surface area contributed by atoms with Crippen LogP contribution in [0.4, 0.5) is 0 Å². The van der Waals surface area contributed by atoms with Gasteiger partial charge in [0.25, 0.3) is 0 Å². The van der Waals surface area contributed by atoms with Crippen molar-refractivity contribution in [1.82, 2.24) is 5.32 Å². The summed E-state index contributed by atoms with van der Waals surface area (Å²) in [4.78, 5) is 23.2. The Balaban J connectivity index is 2.04. The fourth-order valence-corrected chi connectivity index (χ4v) is 2.52. The Hall–Kier alpha value is -2.62. The minimum atomic E-state index is -1.01. The topological polar surface area (TPSA) is 66.4 Å². The Labute approximate surface area is 142 Å². The van der Waals surface area contributed by atoms with Crippen LogP contribution in [0.15, 0.2) is 54.6 Å². The van der Waals surface area contributed by atoms with E-state index in [4.69, 9.17) is 0 Å². The molecule has 2 aromatic carbocycles. The summed E-state index contributed by atoms with van der Waals surface area (Å²) in [5.41, 5.74) is 3.08. The zero-order valence-electron chi connectivity index (χ0n) is 14.0. The maximum atomic E-state index is 11.8. The van der Waals surface area contributed by atoms with E-state index in [0.29, 0.717) is 6.42 Å². The average Bonchev–Trinajstić information content (AvgIpc) is 2.55. The number of amides is 1. The maximum absolute atomic E-state index is 11.8. The maximum Gasteiger partial charge on any atom is 0.326 e. The molecule has 4 nitrogen and oxygen atoms in total. The molecule has 0 heterocycles. The van der Waals surface area contributed by atoms with Crippen LogP contribution in [-0.4, -0.2) is 23.0 Å². The number of rotatable bonds is 7. The van der Waals surface area contributed by atoms with E-state index in [1.807, 2.05) is 68.4 Å². The number of carboxylic acids is 1. The second-order valence-corrected chi connectivity index (χ2v) is 6.32. The van der Waals surface area contributed by atoms with Crippen LogP contribution in [0.3, 0.4) is 0 Å². The molecule has 24 heavy (non-hydrogen) atoms. The van der Waals surface area contributed by atoms with Gasteiger partial charge in [0.05, 0.1) is 0 Å². The number of hydrogen-bond acceptors (Lipinski definition) is 2. The number of hydrogen-bond donors (Lipinski definition) is 2. The highest BCUT2D eigenvalue weighted by Crippen LogP contribution is 2.19. The van der Waals surface area contributed by atoms with Crippen LogP contribution < -0.4 is 5.32 Å². The lowest BCUT2D eigenvalue weighted by Gasteiger charge is -2.16. The predicted molar refractivity (Wildman–Crippen MR) is 94.6 cm³/mol. The quantitative estimate of drug-likeness (QED) is 0.818. The van der Waals surface area contributed by atoms with Gasteiger partial charge in [0, 0.05) is 12.8 Å². The Morgan fingerprint density at radius 2 is 1.54 bits per heavy atom. The van der Waals surface area contributed by atoms with E-state index in [1.165, 1.54) is 0 Å². The summed E-state index contributed by atoms with van der Waals surface area (Å²) in [5, 5.41) is 11.9. The van der Waals surface area contributed by atoms with Crippen LogP contribution in [0.2, 0.25) is 0 Å². The first-order chi connectivity index (χ1) is 11.5. The third kappa shape index (κ3) is 5.23. The lowest BCUT2D eigenvalue weighted by molar-refractivity contribution is -0.141. The van der Waals surface area contributed by atoms with Crippen LogP contribution in [0, 0.1) is 5.92 Å². The van der Waals surface area contributed by atoms with Crippen molar-refractivity contribution in [3.05, 3.63) is 60.2 Å². The zero-order valence-corrected chi connectivity index (χ0v) is 14.0. The lowest BCUT2D eigenvalue weighted by atomic mass is 10.0. The monoisotopic (exact) mass is 325 g/mol. The number of aliphatic carboxylic acids is 1. The van der Waals surface area contributed by atoms with E-state index in [0.717, 1.165) is 16.7 Å². The smallest absolute Gasteiger partial charge is 0.326 e. The van der Waals surface area contributed by atoms with Crippen molar-refractivity contribution in [3.63, 3.8) is 0 Å². The number of benzene rings is 2. The minimum absolute atomic E-state index is 0.199. The Kier molecular flexibility index (Phi) is 6.13. The first-order valence-corrected chi connectivity index (χ1v) is 8.12. The van der Waals surface area contributed by atoms with Gasteiger partial charge in [-0.05, 0) is 22.6 Å². The third-order valence-corrected chi connectivity index (χ3v) is 3.73. The minimum Gasteiger partial charge on any atom is -0.480 e. The summed E-state index contributed by atoms with van der Waals surface area (Å²) in [6.45, 7) is 3.86. The second kappa shape index (κ2) is 8.29. The molecule has 126 valence electrons. The summed E-state index contributed by atoms with van der Waals surface area (Å²) in [6.07, 6.45) is 0.602. The summed E-state index contributed by atoms with van der Waals surface area (Å²) in [5.74, 6) is -1.04. The fourth-order valence-electron chi connectivity index (χ4n) is 2.52. The molecule has 1 amide bonds. The number of nitrogens with one attached hydrogen (secondary N) is 1. The van der Waals surface area contributed by atoms with Gasteiger partial charge in [-0.2, -0.15) is 0 Å². The number of carboxylic acid groups (broad SMARTS) is 1. The molecule has 0 spiro atoms. The molecule has 0 radical (unpaired) electrons. The van der Waals surface area contributed by atoms with Crippen molar-refractivity contribution in [2.24, 2.45) is 5.92 Å². The van der Waals surface area contributed by atoms with Gasteiger partial charge in [0.15, 0.2) is 0 Å².